The van der Waals surface area contributed by atoms with E-state index < -0.39 is 4.92 Å². The van der Waals surface area contributed by atoms with Gasteiger partial charge < -0.3 is 10.1 Å². The molecule has 1 aromatic heterocycles. The van der Waals surface area contributed by atoms with E-state index in [1.165, 1.54) is 12.1 Å². The second kappa shape index (κ2) is 5.81. The topological polar surface area (TPSA) is 77.3 Å². The zero-order chi connectivity index (χ0) is 13.7. The van der Waals surface area contributed by atoms with Gasteiger partial charge in [-0.05, 0) is 11.6 Å². The normalized spacial score (nSPS) is 9.95. The zero-order valence-corrected chi connectivity index (χ0v) is 10.4. The first kappa shape index (κ1) is 12.8. The third-order valence-electron chi connectivity index (χ3n) is 2.51. The Hall–Kier alpha value is -2.63. The van der Waals surface area contributed by atoms with E-state index in [9.17, 15) is 10.1 Å². The van der Waals surface area contributed by atoms with Gasteiger partial charge >= 0.3 is 5.69 Å². The van der Waals surface area contributed by atoms with Crippen molar-refractivity contribution in [1.82, 2.24) is 4.98 Å². The van der Waals surface area contributed by atoms with Crippen LogP contribution in [0.25, 0.3) is 0 Å². The van der Waals surface area contributed by atoms with E-state index in [1.54, 1.807) is 7.05 Å². The molecule has 6 heteroatoms. The average molecular weight is 259 g/mol. The second-order valence-electron chi connectivity index (χ2n) is 3.80. The molecule has 0 unspecified atom stereocenters. The fourth-order valence-corrected chi connectivity index (χ4v) is 1.54. The van der Waals surface area contributed by atoms with Crippen molar-refractivity contribution < 1.29 is 9.66 Å². The van der Waals surface area contributed by atoms with E-state index in [4.69, 9.17) is 4.74 Å². The Kier molecular flexibility index (Phi) is 3.92. The van der Waals surface area contributed by atoms with Crippen LogP contribution in [0.4, 0.5) is 11.5 Å². The van der Waals surface area contributed by atoms with Crippen LogP contribution in [0, 0.1) is 10.1 Å². The summed E-state index contributed by atoms with van der Waals surface area (Å²) in [5.41, 5.74) is 0.781. The highest BCUT2D eigenvalue weighted by Crippen LogP contribution is 2.26. The van der Waals surface area contributed by atoms with E-state index in [0.29, 0.717) is 5.82 Å². The van der Waals surface area contributed by atoms with E-state index in [1.807, 2.05) is 30.3 Å². The van der Waals surface area contributed by atoms with Crippen LogP contribution in [0.2, 0.25) is 0 Å². The minimum atomic E-state index is -0.507. The lowest BCUT2D eigenvalue weighted by Crippen LogP contribution is -2.03. The predicted octanol–water partition coefficient (Wildman–Crippen LogP) is 2.61. The minimum Gasteiger partial charge on any atom is -0.468 e. The molecule has 0 radical (unpaired) electrons. The second-order valence-corrected chi connectivity index (χ2v) is 3.80. The molecule has 0 aliphatic heterocycles. The number of rotatable bonds is 5. The summed E-state index contributed by atoms with van der Waals surface area (Å²) in [6.45, 7) is 0.238. The van der Waals surface area contributed by atoms with Crippen LogP contribution >= 0.6 is 0 Å². The zero-order valence-electron chi connectivity index (χ0n) is 10.4. The largest absolute Gasteiger partial charge is 0.468 e. The molecule has 0 aliphatic carbocycles. The van der Waals surface area contributed by atoms with Crippen molar-refractivity contribution in [2.75, 3.05) is 12.4 Å². The van der Waals surface area contributed by atoms with Crippen molar-refractivity contribution in [2.24, 2.45) is 0 Å². The Morgan fingerprint density at radius 2 is 2.00 bits per heavy atom. The molecule has 0 fully saturated rings. The van der Waals surface area contributed by atoms with Crippen LogP contribution in [0.1, 0.15) is 5.56 Å². The van der Waals surface area contributed by atoms with Gasteiger partial charge in [-0.2, -0.15) is 4.98 Å². The van der Waals surface area contributed by atoms with Crippen LogP contribution in [-0.4, -0.2) is 17.0 Å². The summed E-state index contributed by atoms with van der Waals surface area (Å²) in [6.07, 6.45) is 0. The molecule has 0 aliphatic rings. The minimum absolute atomic E-state index is 0.0145. The molecular formula is C13H13N3O3. The van der Waals surface area contributed by atoms with Crippen LogP contribution in [0.15, 0.2) is 42.5 Å². The molecule has 1 aromatic carbocycles. The number of nitrogens with zero attached hydrogens (tertiary/aromatic N) is 2. The monoisotopic (exact) mass is 259 g/mol. The third-order valence-corrected chi connectivity index (χ3v) is 2.51. The maximum atomic E-state index is 10.9. The standard InChI is InChI=1S/C13H13N3O3/c1-14-12-8-7-11(16(17)18)13(15-12)19-9-10-5-3-2-4-6-10/h2-8H,9H2,1H3,(H,14,15). The Bertz CT molecular complexity index is 573. The lowest BCUT2D eigenvalue weighted by atomic mass is 10.2. The smallest absolute Gasteiger partial charge is 0.331 e. The van der Waals surface area contributed by atoms with E-state index in [2.05, 4.69) is 10.3 Å². The number of pyridine rings is 1. The third kappa shape index (κ3) is 3.19. The molecule has 0 spiro atoms. The van der Waals surface area contributed by atoms with Gasteiger partial charge in [0.05, 0.1) is 4.92 Å². The molecule has 19 heavy (non-hydrogen) atoms. The highest BCUT2D eigenvalue weighted by molar-refractivity contribution is 5.48. The summed E-state index contributed by atoms with van der Waals surface area (Å²) in [7, 11) is 1.69. The fourth-order valence-electron chi connectivity index (χ4n) is 1.54. The van der Waals surface area contributed by atoms with Gasteiger partial charge in [0.2, 0.25) is 0 Å². The van der Waals surface area contributed by atoms with Gasteiger partial charge in [0.1, 0.15) is 12.4 Å². The molecule has 2 rings (SSSR count). The van der Waals surface area contributed by atoms with Crippen molar-refractivity contribution in [3.05, 3.63) is 58.1 Å². The SMILES string of the molecule is CNc1ccc([N+](=O)[O-])c(OCc2ccccc2)n1. The number of hydrogen-bond donors (Lipinski definition) is 1. The summed E-state index contributed by atoms with van der Waals surface area (Å²) in [5.74, 6) is 0.536. The van der Waals surface area contributed by atoms with Crippen molar-refractivity contribution in [3.8, 4) is 5.88 Å². The molecule has 2 aromatic rings. The Morgan fingerprint density at radius 3 is 2.63 bits per heavy atom. The predicted molar refractivity (Wildman–Crippen MR) is 71.2 cm³/mol. The first-order valence-electron chi connectivity index (χ1n) is 5.70. The fraction of sp³-hybridized carbons (Fsp3) is 0.154. The van der Waals surface area contributed by atoms with Gasteiger partial charge in [0.15, 0.2) is 0 Å². The number of nitrogens with one attached hydrogen (secondary N) is 1. The van der Waals surface area contributed by atoms with Crippen molar-refractivity contribution in [2.45, 2.75) is 6.61 Å². The lowest BCUT2D eigenvalue weighted by Gasteiger charge is -2.07. The number of benzene rings is 1. The number of ether oxygens (including phenoxy) is 1. The van der Waals surface area contributed by atoms with Gasteiger partial charge in [0, 0.05) is 13.1 Å². The molecule has 0 bridgehead atoms. The summed E-state index contributed by atoms with van der Waals surface area (Å²) in [4.78, 5) is 14.4. The van der Waals surface area contributed by atoms with Crippen molar-refractivity contribution in [3.63, 3.8) is 0 Å². The summed E-state index contributed by atoms with van der Waals surface area (Å²) in [5, 5.41) is 13.7. The summed E-state index contributed by atoms with van der Waals surface area (Å²) in [6, 6.07) is 12.3. The first-order chi connectivity index (χ1) is 9.20. The molecule has 0 atom stereocenters. The van der Waals surface area contributed by atoms with Crippen molar-refractivity contribution in [1.29, 1.82) is 0 Å². The molecule has 0 saturated carbocycles. The quantitative estimate of drug-likeness (QED) is 0.659. The molecule has 0 saturated heterocycles. The Balaban J connectivity index is 2.20. The average Bonchev–Trinajstić information content (AvgIpc) is 2.45. The maximum absolute atomic E-state index is 10.9. The molecule has 1 heterocycles. The van der Waals surface area contributed by atoms with Crippen LogP contribution in [-0.2, 0) is 6.61 Å². The van der Waals surface area contributed by atoms with E-state index in [0.717, 1.165) is 5.56 Å². The molecule has 98 valence electrons. The number of hydrogen-bond acceptors (Lipinski definition) is 5. The Morgan fingerprint density at radius 1 is 1.26 bits per heavy atom. The lowest BCUT2D eigenvalue weighted by molar-refractivity contribution is -0.386. The molecule has 0 amide bonds. The van der Waals surface area contributed by atoms with Gasteiger partial charge in [-0.1, -0.05) is 30.3 Å². The number of nitro groups is 1. The van der Waals surface area contributed by atoms with E-state index >= 15 is 0 Å². The van der Waals surface area contributed by atoms with Crippen molar-refractivity contribution >= 4 is 11.5 Å². The van der Waals surface area contributed by atoms with Gasteiger partial charge in [0.25, 0.3) is 5.88 Å². The Labute approximate surface area is 110 Å². The molecule has 1 N–H and O–H groups in total. The highest BCUT2D eigenvalue weighted by Gasteiger charge is 2.17. The van der Waals surface area contributed by atoms with Crippen LogP contribution < -0.4 is 10.1 Å². The van der Waals surface area contributed by atoms with Gasteiger partial charge in [-0.3, -0.25) is 10.1 Å². The number of aromatic nitrogens is 1. The van der Waals surface area contributed by atoms with Gasteiger partial charge in [-0.15, -0.1) is 0 Å². The summed E-state index contributed by atoms with van der Waals surface area (Å²) >= 11 is 0. The summed E-state index contributed by atoms with van der Waals surface area (Å²) < 4.78 is 5.43. The van der Waals surface area contributed by atoms with Crippen LogP contribution in [0.3, 0.4) is 0 Å². The maximum Gasteiger partial charge on any atom is 0.331 e. The highest BCUT2D eigenvalue weighted by atomic mass is 16.6. The van der Waals surface area contributed by atoms with E-state index in [-0.39, 0.29) is 18.2 Å². The molecular weight excluding hydrogens is 246 g/mol. The number of anilines is 1. The molecule has 6 nitrogen and oxygen atoms in total. The van der Waals surface area contributed by atoms with Crippen LogP contribution in [0.5, 0.6) is 5.88 Å². The van der Waals surface area contributed by atoms with Gasteiger partial charge in [-0.25, -0.2) is 0 Å². The first-order valence-corrected chi connectivity index (χ1v) is 5.70.